The molecule has 0 unspecified atom stereocenters. The van der Waals surface area contributed by atoms with Gasteiger partial charge >= 0.3 is 0 Å². The summed E-state index contributed by atoms with van der Waals surface area (Å²) in [6.07, 6.45) is 5.62. The Kier molecular flexibility index (Phi) is 4.07. The second kappa shape index (κ2) is 6.38. The summed E-state index contributed by atoms with van der Waals surface area (Å²) in [5.74, 6) is 2.56. The Morgan fingerprint density at radius 3 is 2.88 bits per heavy atom. The van der Waals surface area contributed by atoms with Crippen LogP contribution in [0.25, 0.3) is 0 Å². The molecule has 0 bridgehead atoms. The smallest absolute Gasteiger partial charge is 0.272 e. The lowest BCUT2D eigenvalue weighted by Gasteiger charge is -2.30. The van der Waals surface area contributed by atoms with Gasteiger partial charge in [-0.25, -0.2) is 9.97 Å². The van der Waals surface area contributed by atoms with Gasteiger partial charge < -0.3 is 9.80 Å². The first-order valence-corrected chi connectivity index (χ1v) is 8.73. The Hall–Kier alpha value is -2.57. The first kappa shape index (κ1) is 15.9. The molecule has 1 amide bonds. The van der Waals surface area contributed by atoms with E-state index in [0.29, 0.717) is 29.4 Å². The molecule has 2 fully saturated rings. The summed E-state index contributed by atoms with van der Waals surface area (Å²) in [5, 5.41) is 8.21. The van der Waals surface area contributed by atoms with Crippen LogP contribution in [-0.4, -0.2) is 57.2 Å². The molecule has 1 aliphatic carbocycles. The maximum absolute atomic E-state index is 12.8. The zero-order valence-corrected chi connectivity index (χ0v) is 14.5. The van der Waals surface area contributed by atoms with Crippen LogP contribution in [0.15, 0.2) is 30.6 Å². The van der Waals surface area contributed by atoms with E-state index < -0.39 is 0 Å². The molecular weight excluding hydrogens is 316 g/mol. The van der Waals surface area contributed by atoms with Crippen molar-refractivity contribution in [3.05, 3.63) is 42.1 Å². The third kappa shape index (κ3) is 2.94. The van der Waals surface area contributed by atoms with Crippen molar-refractivity contribution in [3.8, 4) is 0 Å². The molecule has 1 saturated heterocycles. The molecule has 2 aromatic rings. The molecule has 4 rings (SSSR count). The van der Waals surface area contributed by atoms with Gasteiger partial charge in [-0.1, -0.05) is 0 Å². The number of nitrogens with zero attached hydrogens (tertiary/aromatic N) is 6. The summed E-state index contributed by atoms with van der Waals surface area (Å²) < 4.78 is 0. The first-order chi connectivity index (χ1) is 12.1. The van der Waals surface area contributed by atoms with Crippen molar-refractivity contribution in [2.75, 3.05) is 25.0 Å². The van der Waals surface area contributed by atoms with Crippen LogP contribution < -0.4 is 4.90 Å². The molecule has 7 nitrogen and oxygen atoms in total. The molecule has 1 saturated carbocycles. The van der Waals surface area contributed by atoms with E-state index in [1.807, 2.05) is 17.0 Å². The molecule has 0 spiro atoms. The topological polar surface area (TPSA) is 75.1 Å². The van der Waals surface area contributed by atoms with Crippen molar-refractivity contribution >= 4 is 11.7 Å². The molecule has 2 aliphatic rings. The molecule has 130 valence electrons. The summed E-state index contributed by atoms with van der Waals surface area (Å²) in [6, 6.07) is 5.99. The molecule has 3 heterocycles. The van der Waals surface area contributed by atoms with Crippen molar-refractivity contribution in [3.63, 3.8) is 0 Å². The average molecular weight is 338 g/mol. The Balaban J connectivity index is 1.49. The van der Waals surface area contributed by atoms with Crippen LogP contribution in [0.5, 0.6) is 0 Å². The van der Waals surface area contributed by atoms with E-state index in [2.05, 4.69) is 32.1 Å². The molecule has 3 atom stereocenters. The quantitative estimate of drug-likeness (QED) is 0.845. The Labute approximate surface area is 147 Å². The van der Waals surface area contributed by atoms with E-state index in [-0.39, 0.29) is 5.91 Å². The number of aromatic nitrogens is 4. The third-order valence-electron chi connectivity index (χ3n) is 5.52. The zero-order valence-electron chi connectivity index (χ0n) is 14.5. The van der Waals surface area contributed by atoms with Crippen molar-refractivity contribution in [2.24, 2.45) is 11.8 Å². The van der Waals surface area contributed by atoms with Crippen LogP contribution in [0.4, 0.5) is 5.82 Å². The Bertz CT molecular complexity index is 767. The number of hydrogen-bond donors (Lipinski definition) is 0. The third-order valence-corrected chi connectivity index (χ3v) is 5.52. The van der Waals surface area contributed by atoms with Gasteiger partial charge in [-0.2, -0.15) is 5.10 Å². The van der Waals surface area contributed by atoms with Crippen LogP contribution in [-0.2, 0) is 0 Å². The van der Waals surface area contributed by atoms with Crippen molar-refractivity contribution in [1.82, 2.24) is 25.1 Å². The summed E-state index contributed by atoms with van der Waals surface area (Å²) in [4.78, 5) is 25.3. The van der Waals surface area contributed by atoms with Crippen molar-refractivity contribution in [1.29, 1.82) is 0 Å². The molecule has 0 radical (unpaired) electrons. The Morgan fingerprint density at radius 1 is 1.24 bits per heavy atom. The molecule has 1 aliphatic heterocycles. The summed E-state index contributed by atoms with van der Waals surface area (Å²) in [6.45, 7) is 3.40. The summed E-state index contributed by atoms with van der Waals surface area (Å²) in [7, 11) is 2.08. The van der Waals surface area contributed by atoms with Gasteiger partial charge in [0.1, 0.15) is 11.5 Å². The van der Waals surface area contributed by atoms with Gasteiger partial charge in [-0.3, -0.25) is 4.79 Å². The highest BCUT2D eigenvalue weighted by Crippen LogP contribution is 2.41. The van der Waals surface area contributed by atoms with E-state index >= 15 is 0 Å². The van der Waals surface area contributed by atoms with E-state index in [4.69, 9.17) is 0 Å². The van der Waals surface area contributed by atoms with E-state index in [0.717, 1.165) is 31.7 Å². The second-order valence-electron chi connectivity index (χ2n) is 6.96. The monoisotopic (exact) mass is 338 g/mol. The number of likely N-dealkylation sites (tertiary alicyclic amines) is 1. The van der Waals surface area contributed by atoms with Gasteiger partial charge in [-0.05, 0) is 43.9 Å². The molecular formula is C18H22N6O. The van der Waals surface area contributed by atoms with Crippen LogP contribution in [0.1, 0.15) is 29.2 Å². The molecule has 0 N–H and O–H groups in total. The normalized spacial score (nSPS) is 25.0. The summed E-state index contributed by atoms with van der Waals surface area (Å²) in [5.41, 5.74) is 0.492. The number of amides is 1. The largest absolute Gasteiger partial charge is 0.355 e. The standard InChI is InChI=1S/C18H22N6O/c1-12-19-9-7-15(21-12)18(25)24-10-13-5-6-16(14(13)11-24)23(2)17-4-3-8-20-22-17/h3-4,7-9,13-14,16H,5-6,10-11H2,1-2H3/t13-,14+,16-/m1/s1. The average Bonchev–Trinajstić information content (AvgIpc) is 3.22. The summed E-state index contributed by atoms with van der Waals surface area (Å²) >= 11 is 0. The van der Waals surface area contributed by atoms with E-state index in [1.54, 1.807) is 25.4 Å². The van der Waals surface area contributed by atoms with E-state index in [1.165, 1.54) is 0 Å². The maximum atomic E-state index is 12.8. The van der Waals surface area contributed by atoms with Crippen molar-refractivity contribution < 1.29 is 4.79 Å². The Morgan fingerprint density at radius 2 is 2.12 bits per heavy atom. The fourth-order valence-corrected chi connectivity index (χ4v) is 4.27. The van der Waals surface area contributed by atoms with E-state index in [9.17, 15) is 4.79 Å². The lowest BCUT2D eigenvalue weighted by Crippen LogP contribution is -2.39. The van der Waals surface area contributed by atoms with Gasteiger partial charge in [0, 0.05) is 44.5 Å². The molecule has 25 heavy (non-hydrogen) atoms. The number of carbonyl (C=O) groups excluding carboxylic acids is 1. The number of fused-ring (bicyclic) bond motifs is 1. The minimum Gasteiger partial charge on any atom is -0.355 e. The predicted molar refractivity (Wildman–Crippen MR) is 93.1 cm³/mol. The minimum absolute atomic E-state index is 0.0146. The first-order valence-electron chi connectivity index (χ1n) is 8.73. The van der Waals surface area contributed by atoms with Crippen LogP contribution in [0.3, 0.4) is 0 Å². The van der Waals surface area contributed by atoms with Crippen molar-refractivity contribution in [2.45, 2.75) is 25.8 Å². The van der Waals surface area contributed by atoms with Gasteiger partial charge in [0.25, 0.3) is 5.91 Å². The molecule has 7 heteroatoms. The SMILES string of the molecule is Cc1nccc(C(=O)N2C[C@H]3CC[C@@H](N(C)c4cccnn4)[C@H]3C2)n1. The highest BCUT2D eigenvalue weighted by atomic mass is 16.2. The minimum atomic E-state index is 0.0146. The van der Waals surface area contributed by atoms with Gasteiger partial charge in [-0.15, -0.1) is 5.10 Å². The molecule has 0 aromatic carbocycles. The number of hydrogen-bond acceptors (Lipinski definition) is 6. The van der Waals surface area contributed by atoms with Crippen LogP contribution >= 0.6 is 0 Å². The van der Waals surface area contributed by atoms with Gasteiger partial charge in [0.2, 0.25) is 0 Å². The predicted octanol–water partition coefficient (Wildman–Crippen LogP) is 1.56. The molecule has 2 aromatic heterocycles. The highest BCUT2D eigenvalue weighted by Gasteiger charge is 2.46. The highest BCUT2D eigenvalue weighted by molar-refractivity contribution is 5.92. The lowest BCUT2D eigenvalue weighted by molar-refractivity contribution is 0.0773. The number of aryl methyl sites for hydroxylation is 1. The maximum Gasteiger partial charge on any atom is 0.272 e. The van der Waals surface area contributed by atoms with Gasteiger partial charge in [0.05, 0.1) is 0 Å². The fraction of sp³-hybridized carbons (Fsp3) is 0.500. The zero-order chi connectivity index (χ0) is 17.4. The van der Waals surface area contributed by atoms with Crippen LogP contribution in [0.2, 0.25) is 0 Å². The number of rotatable bonds is 3. The number of carbonyl (C=O) groups is 1. The second-order valence-corrected chi connectivity index (χ2v) is 6.96. The van der Waals surface area contributed by atoms with Crippen LogP contribution in [0, 0.1) is 18.8 Å². The number of anilines is 1. The fourth-order valence-electron chi connectivity index (χ4n) is 4.27. The lowest BCUT2D eigenvalue weighted by atomic mass is 9.97. The van der Waals surface area contributed by atoms with Gasteiger partial charge in [0.15, 0.2) is 5.82 Å².